The van der Waals surface area contributed by atoms with Gasteiger partial charge in [-0.3, -0.25) is 9.88 Å². The summed E-state index contributed by atoms with van der Waals surface area (Å²) < 4.78 is 0. The molecule has 0 aromatic carbocycles. The number of pyridine rings is 1. The van der Waals surface area contributed by atoms with Gasteiger partial charge in [0.15, 0.2) is 0 Å². The number of nitrogens with zero attached hydrogens (tertiary/aromatic N) is 2. The van der Waals surface area contributed by atoms with Crippen LogP contribution in [0.3, 0.4) is 0 Å². The lowest BCUT2D eigenvalue weighted by Gasteiger charge is -2.45. The number of piperazine rings is 1. The lowest BCUT2D eigenvalue weighted by molar-refractivity contribution is 0.0769. The fourth-order valence-corrected chi connectivity index (χ4v) is 3.29. The summed E-state index contributed by atoms with van der Waals surface area (Å²) in [5.74, 6) is 0.887. The molecule has 1 aliphatic carbocycles. The maximum absolute atomic E-state index is 4.32. The van der Waals surface area contributed by atoms with Crippen LogP contribution < -0.4 is 5.32 Å². The zero-order valence-corrected chi connectivity index (χ0v) is 12.3. The number of hydrogen-bond donors (Lipinski definition) is 1. The van der Waals surface area contributed by atoms with Gasteiger partial charge in [-0.15, -0.1) is 0 Å². The Kier molecular flexibility index (Phi) is 3.35. The van der Waals surface area contributed by atoms with Gasteiger partial charge in [0.05, 0.1) is 0 Å². The Morgan fingerprint density at radius 1 is 1.42 bits per heavy atom. The quantitative estimate of drug-likeness (QED) is 0.903. The number of aromatic nitrogens is 1. The first-order chi connectivity index (χ1) is 9.07. The van der Waals surface area contributed by atoms with Crippen LogP contribution in [0.5, 0.6) is 0 Å². The minimum Gasteiger partial charge on any atom is -0.308 e. The number of nitrogens with one attached hydrogen (secondary N) is 1. The highest BCUT2D eigenvalue weighted by molar-refractivity contribution is 5.17. The third-order valence-electron chi connectivity index (χ3n) is 4.75. The highest BCUT2D eigenvalue weighted by Gasteiger charge is 2.45. The molecule has 2 unspecified atom stereocenters. The van der Waals surface area contributed by atoms with Crippen molar-refractivity contribution >= 4 is 0 Å². The highest BCUT2D eigenvalue weighted by Crippen LogP contribution is 2.41. The van der Waals surface area contributed by atoms with Crippen LogP contribution in [-0.4, -0.2) is 34.6 Å². The molecule has 1 aliphatic heterocycles. The van der Waals surface area contributed by atoms with Gasteiger partial charge in [0, 0.05) is 43.6 Å². The third kappa shape index (κ3) is 2.82. The minimum atomic E-state index is 0.323. The maximum Gasteiger partial charge on any atom is 0.0313 e. The minimum absolute atomic E-state index is 0.323. The standard InChI is InChI=1S/C16H25N3/c1-12-6-14(9-17-7-12)10-19-11-16(3,15-4-5-15)18-8-13(19)2/h6-7,9,13,15,18H,4-5,8,10-11H2,1-3H3. The summed E-state index contributed by atoms with van der Waals surface area (Å²) in [5.41, 5.74) is 2.92. The van der Waals surface area contributed by atoms with E-state index in [1.165, 1.54) is 24.0 Å². The Morgan fingerprint density at radius 3 is 2.89 bits per heavy atom. The average Bonchev–Trinajstić information content (AvgIpc) is 3.19. The first-order valence-corrected chi connectivity index (χ1v) is 7.46. The summed E-state index contributed by atoms with van der Waals surface area (Å²) in [5, 5.41) is 3.78. The van der Waals surface area contributed by atoms with Crippen LogP contribution in [0.1, 0.15) is 37.8 Å². The summed E-state index contributed by atoms with van der Waals surface area (Å²) in [6.45, 7) is 10.1. The van der Waals surface area contributed by atoms with Gasteiger partial charge in [0.2, 0.25) is 0 Å². The van der Waals surface area contributed by atoms with Crippen molar-refractivity contribution in [3.8, 4) is 0 Å². The zero-order valence-electron chi connectivity index (χ0n) is 12.3. The summed E-state index contributed by atoms with van der Waals surface area (Å²) in [7, 11) is 0. The van der Waals surface area contributed by atoms with E-state index in [1.54, 1.807) is 0 Å². The molecule has 0 spiro atoms. The van der Waals surface area contributed by atoms with E-state index < -0.39 is 0 Å². The predicted octanol–water partition coefficient (Wildman–Crippen LogP) is 2.35. The first-order valence-electron chi connectivity index (χ1n) is 7.46. The third-order valence-corrected chi connectivity index (χ3v) is 4.75. The monoisotopic (exact) mass is 259 g/mol. The molecule has 1 aromatic heterocycles. The summed E-state index contributed by atoms with van der Waals surface area (Å²) in [4.78, 5) is 6.93. The van der Waals surface area contributed by atoms with E-state index in [-0.39, 0.29) is 0 Å². The highest BCUT2D eigenvalue weighted by atomic mass is 15.3. The van der Waals surface area contributed by atoms with Crippen LogP contribution >= 0.6 is 0 Å². The average molecular weight is 259 g/mol. The van der Waals surface area contributed by atoms with Gasteiger partial charge in [-0.25, -0.2) is 0 Å². The molecule has 3 heteroatoms. The van der Waals surface area contributed by atoms with E-state index in [4.69, 9.17) is 0 Å². The van der Waals surface area contributed by atoms with E-state index in [0.717, 1.165) is 25.6 Å². The fourth-order valence-electron chi connectivity index (χ4n) is 3.29. The van der Waals surface area contributed by atoms with Crippen molar-refractivity contribution in [2.75, 3.05) is 13.1 Å². The second-order valence-corrected chi connectivity index (χ2v) is 6.70. The van der Waals surface area contributed by atoms with Crippen molar-refractivity contribution in [2.24, 2.45) is 5.92 Å². The Bertz CT molecular complexity index is 455. The second kappa shape index (κ2) is 4.88. The molecule has 1 aromatic rings. The molecule has 2 heterocycles. The summed E-state index contributed by atoms with van der Waals surface area (Å²) >= 11 is 0. The van der Waals surface area contributed by atoms with Gasteiger partial charge in [-0.1, -0.05) is 6.07 Å². The Morgan fingerprint density at radius 2 is 2.21 bits per heavy atom. The molecule has 2 fully saturated rings. The number of hydrogen-bond acceptors (Lipinski definition) is 3. The topological polar surface area (TPSA) is 28.2 Å². The van der Waals surface area contributed by atoms with Crippen molar-refractivity contribution in [3.05, 3.63) is 29.6 Å². The molecule has 19 heavy (non-hydrogen) atoms. The van der Waals surface area contributed by atoms with Crippen molar-refractivity contribution in [1.82, 2.24) is 15.2 Å². The van der Waals surface area contributed by atoms with Crippen molar-refractivity contribution in [2.45, 2.75) is 51.7 Å². The summed E-state index contributed by atoms with van der Waals surface area (Å²) in [6.07, 6.45) is 6.74. The molecule has 2 aliphatic rings. The molecule has 0 radical (unpaired) electrons. The molecule has 1 N–H and O–H groups in total. The lowest BCUT2D eigenvalue weighted by atomic mass is 9.91. The number of aryl methyl sites for hydroxylation is 1. The molecular formula is C16H25N3. The van der Waals surface area contributed by atoms with Crippen LogP contribution in [0.15, 0.2) is 18.5 Å². The van der Waals surface area contributed by atoms with E-state index in [9.17, 15) is 0 Å². The molecular weight excluding hydrogens is 234 g/mol. The molecule has 2 atom stereocenters. The SMILES string of the molecule is Cc1cncc(CN2CC(C)(C3CC3)NCC2C)c1. The van der Waals surface area contributed by atoms with Crippen LogP contribution in [0.4, 0.5) is 0 Å². The molecule has 3 nitrogen and oxygen atoms in total. The van der Waals surface area contributed by atoms with Gasteiger partial charge in [-0.2, -0.15) is 0 Å². The van der Waals surface area contributed by atoms with Crippen molar-refractivity contribution < 1.29 is 0 Å². The molecule has 0 amide bonds. The zero-order chi connectivity index (χ0) is 13.5. The second-order valence-electron chi connectivity index (χ2n) is 6.70. The van der Waals surface area contributed by atoms with Gasteiger partial charge < -0.3 is 5.32 Å². The predicted molar refractivity (Wildman–Crippen MR) is 78.0 cm³/mol. The normalized spacial score (nSPS) is 32.5. The van der Waals surface area contributed by atoms with Gasteiger partial charge in [0.1, 0.15) is 0 Å². The number of rotatable bonds is 3. The van der Waals surface area contributed by atoms with Crippen LogP contribution in [-0.2, 0) is 6.54 Å². The van der Waals surface area contributed by atoms with E-state index in [0.29, 0.717) is 11.6 Å². The Labute approximate surface area is 116 Å². The van der Waals surface area contributed by atoms with Gasteiger partial charge in [0.25, 0.3) is 0 Å². The molecule has 1 saturated heterocycles. The summed E-state index contributed by atoms with van der Waals surface area (Å²) in [6, 6.07) is 2.86. The Hall–Kier alpha value is -0.930. The van der Waals surface area contributed by atoms with Crippen molar-refractivity contribution in [3.63, 3.8) is 0 Å². The molecule has 104 valence electrons. The molecule has 1 saturated carbocycles. The smallest absolute Gasteiger partial charge is 0.0313 e. The van der Waals surface area contributed by atoms with Crippen LogP contribution in [0, 0.1) is 12.8 Å². The first kappa shape index (κ1) is 13.1. The Balaban J connectivity index is 1.71. The van der Waals surface area contributed by atoms with Crippen LogP contribution in [0.25, 0.3) is 0 Å². The van der Waals surface area contributed by atoms with Gasteiger partial charge >= 0.3 is 0 Å². The molecule has 3 rings (SSSR count). The largest absolute Gasteiger partial charge is 0.308 e. The fraction of sp³-hybridized carbons (Fsp3) is 0.688. The van der Waals surface area contributed by atoms with Gasteiger partial charge in [-0.05, 0) is 50.7 Å². The lowest BCUT2D eigenvalue weighted by Crippen LogP contribution is -2.62. The maximum atomic E-state index is 4.32. The molecule has 0 bridgehead atoms. The van der Waals surface area contributed by atoms with Crippen molar-refractivity contribution in [1.29, 1.82) is 0 Å². The van der Waals surface area contributed by atoms with E-state index in [1.807, 2.05) is 12.4 Å². The van der Waals surface area contributed by atoms with E-state index >= 15 is 0 Å². The van der Waals surface area contributed by atoms with Crippen LogP contribution in [0.2, 0.25) is 0 Å². The van der Waals surface area contributed by atoms with E-state index in [2.05, 4.69) is 42.0 Å².